The zero-order valence-electron chi connectivity index (χ0n) is 43.4. The minimum atomic E-state index is -0.322. The Labute approximate surface area is 459 Å². The maximum atomic E-state index is 12.6. The third kappa shape index (κ3) is 9.61. The highest BCUT2D eigenvalue weighted by atomic mass is 16.3. The summed E-state index contributed by atoms with van der Waals surface area (Å²) in [5.74, 6) is -0.381. The molecule has 9 aromatic rings. The van der Waals surface area contributed by atoms with E-state index in [9.17, 15) is 44.7 Å². The minimum Gasteiger partial charge on any atom is -0.507 e. The molecule has 80 heavy (non-hydrogen) atoms. The van der Waals surface area contributed by atoms with Crippen molar-refractivity contribution in [1.82, 2.24) is 19.9 Å². The van der Waals surface area contributed by atoms with Crippen LogP contribution in [0.5, 0.6) is 5.75 Å². The highest BCUT2D eigenvalue weighted by Crippen LogP contribution is 2.42. The standard InChI is InChI=1S/C18H15NO2.C18H11NO2.C17H15NO2.C14H9NO3/c2*20-17-12-6-2-3-7-13(12)18(21)16(17)15-10-9-11-5-1-4-8-14(11)19-15;1-10(2)11-3-5-13-12(9-11)4-6-14(18-13)17-15(19)7-8-16(17)20;16-10-6-3-7-15-12(10)11-13(17)8-4-1-2-5-9(8)14(11)18/h1,4-5,8-10,20H,2-3,6-7H2;1-10,20H;3-10,19H,1-2H3;1-7,16-17H. The molecular formula is C67H50N4O9. The molecule has 0 fully saturated rings. The van der Waals surface area contributed by atoms with Gasteiger partial charge in [-0.3, -0.25) is 24.2 Å². The summed E-state index contributed by atoms with van der Waals surface area (Å²) in [6.45, 7) is 4.29. The topological polar surface area (TPSA) is 221 Å². The van der Waals surface area contributed by atoms with Crippen LogP contribution >= 0.6 is 0 Å². The largest absolute Gasteiger partial charge is 0.507 e. The molecular weight excluding hydrogens is 1000 g/mol. The number of hydrogen-bond donors (Lipinski definition) is 5. The Morgan fingerprint density at radius 2 is 0.912 bits per heavy atom. The van der Waals surface area contributed by atoms with E-state index in [1.807, 2.05) is 84.9 Å². The molecule has 392 valence electrons. The van der Waals surface area contributed by atoms with Crippen molar-refractivity contribution in [3.63, 3.8) is 0 Å². The van der Waals surface area contributed by atoms with Crippen LogP contribution in [0.25, 0.3) is 66.5 Å². The van der Waals surface area contributed by atoms with Gasteiger partial charge < -0.3 is 25.5 Å². The van der Waals surface area contributed by atoms with E-state index in [4.69, 9.17) is 0 Å². The Kier molecular flexibility index (Phi) is 13.9. The lowest BCUT2D eigenvalue weighted by atomic mass is 9.92. The fourth-order valence-corrected chi connectivity index (χ4v) is 10.4. The summed E-state index contributed by atoms with van der Waals surface area (Å²) >= 11 is 0. The van der Waals surface area contributed by atoms with Gasteiger partial charge in [0, 0.05) is 55.8 Å². The van der Waals surface area contributed by atoms with Crippen LogP contribution in [0.3, 0.4) is 0 Å². The van der Waals surface area contributed by atoms with Gasteiger partial charge in [-0.05, 0) is 104 Å². The second-order valence-corrected chi connectivity index (χ2v) is 19.8. The zero-order valence-corrected chi connectivity index (χ0v) is 43.4. The van der Waals surface area contributed by atoms with Crippen LogP contribution < -0.4 is 0 Å². The van der Waals surface area contributed by atoms with E-state index in [-0.39, 0.29) is 74.3 Å². The van der Waals surface area contributed by atoms with Gasteiger partial charge in [0.15, 0.2) is 23.1 Å². The molecule has 0 saturated heterocycles. The molecule has 0 bridgehead atoms. The number of aromatic nitrogens is 4. The predicted molar refractivity (Wildman–Crippen MR) is 309 cm³/mol. The van der Waals surface area contributed by atoms with E-state index in [2.05, 4.69) is 39.8 Å². The van der Waals surface area contributed by atoms with Crippen LogP contribution in [0.1, 0.15) is 106 Å². The molecule has 0 radical (unpaired) electrons. The van der Waals surface area contributed by atoms with Gasteiger partial charge in [-0.2, -0.15) is 0 Å². The average Bonchev–Trinajstić information content (AvgIpc) is 4.37. The fraction of sp³-hybridized carbons (Fsp3) is 0.104. The summed E-state index contributed by atoms with van der Waals surface area (Å²) in [6.07, 6.45) is 7.86. The van der Waals surface area contributed by atoms with Crippen molar-refractivity contribution < 1.29 is 44.7 Å². The van der Waals surface area contributed by atoms with Crippen molar-refractivity contribution >= 4 is 89.7 Å². The normalized spacial score (nSPS) is 15.3. The lowest BCUT2D eigenvalue weighted by Gasteiger charge is -2.12. The van der Waals surface area contributed by atoms with Gasteiger partial charge in [0.1, 0.15) is 34.5 Å². The zero-order chi connectivity index (χ0) is 55.8. The van der Waals surface area contributed by atoms with E-state index in [1.54, 1.807) is 66.7 Å². The molecule has 4 aromatic heterocycles. The first-order chi connectivity index (χ1) is 38.8. The summed E-state index contributed by atoms with van der Waals surface area (Å²) in [7, 11) is 0. The van der Waals surface area contributed by atoms with E-state index >= 15 is 0 Å². The third-order valence-electron chi connectivity index (χ3n) is 14.5. The number of rotatable bonds is 5. The molecule has 14 rings (SSSR count). The van der Waals surface area contributed by atoms with Crippen LogP contribution in [0.4, 0.5) is 0 Å². The Hall–Kier alpha value is -10.4. The number of benzene rings is 5. The number of nitrogens with zero attached hydrogens (tertiary/aromatic N) is 4. The summed E-state index contributed by atoms with van der Waals surface area (Å²) in [4.78, 5) is 66.5. The van der Waals surface area contributed by atoms with Gasteiger partial charge in [0.05, 0.1) is 55.9 Å². The Balaban J connectivity index is 0.000000113. The van der Waals surface area contributed by atoms with E-state index in [1.165, 1.54) is 30.0 Å². The molecule has 5 aromatic carbocycles. The molecule has 13 nitrogen and oxygen atoms in total. The van der Waals surface area contributed by atoms with Crippen molar-refractivity contribution in [1.29, 1.82) is 0 Å². The monoisotopic (exact) mass is 1050 g/mol. The average molecular weight is 1060 g/mol. The quantitative estimate of drug-likeness (QED) is 0.108. The lowest BCUT2D eigenvalue weighted by Crippen LogP contribution is -2.05. The van der Waals surface area contributed by atoms with Gasteiger partial charge in [-0.1, -0.05) is 123 Å². The van der Waals surface area contributed by atoms with Gasteiger partial charge >= 0.3 is 0 Å². The van der Waals surface area contributed by atoms with Gasteiger partial charge in [-0.25, -0.2) is 15.0 Å². The maximum absolute atomic E-state index is 12.6. The van der Waals surface area contributed by atoms with E-state index in [0.717, 1.165) is 69.5 Å². The van der Waals surface area contributed by atoms with Gasteiger partial charge in [0.25, 0.3) is 0 Å². The van der Waals surface area contributed by atoms with E-state index in [0.29, 0.717) is 50.8 Å². The van der Waals surface area contributed by atoms with Crippen LogP contribution in [0.15, 0.2) is 205 Å². The summed E-state index contributed by atoms with van der Waals surface area (Å²) in [5, 5.41) is 53.4. The van der Waals surface area contributed by atoms with Crippen LogP contribution in [-0.2, 0) is 9.59 Å². The summed E-state index contributed by atoms with van der Waals surface area (Å²) < 4.78 is 0. The Morgan fingerprint density at radius 1 is 0.425 bits per heavy atom. The van der Waals surface area contributed by atoms with Crippen LogP contribution in [-0.4, -0.2) is 68.6 Å². The number of pyridine rings is 4. The summed E-state index contributed by atoms with van der Waals surface area (Å²) in [5.41, 5.74) is 10.1. The number of hydrogen-bond acceptors (Lipinski definition) is 13. The molecule has 0 spiro atoms. The number of aliphatic hydroxyl groups is 4. The molecule has 0 atom stereocenters. The maximum Gasteiger partial charge on any atom is 0.199 e. The summed E-state index contributed by atoms with van der Waals surface area (Å²) in [6, 6.07) is 49.6. The molecule has 5 N–H and O–H groups in total. The highest BCUT2D eigenvalue weighted by molar-refractivity contribution is 6.39. The Morgan fingerprint density at radius 3 is 1.45 bits per heavy atom. The minimum absolute atomic E-state index is 0.0124. The lowest BCUT2D eigenvalue weighted by molar-refractivity contribution is -0.111. The number of ketones is 4. The first-order valence-corrected chi connectivity index (χ1v) is 26.1. The number of fused-ring (bicyclic) bond motifs is 5. The van der Waals surface area contributed by atoms with Crippen molar-refractivity contribution in [3.8, 4) is 5.75 Å². The SMILES string of the molecule is CC(C)c1ccc2nc(C3=C(O)C=CC3=O)ccc2c1.O=C1C(c2ccc3ccccc3n2)=C(O)c2ccccc21.O=C1C(c2ncccc2O)=C(O)c2ccccc21.O=C1C2=C(CCCC2)C(O)=C1c1ccc2ccccc2n1. The van der Waals surface area contributed by atoms with Gasteiger partial charge in [0.2, 0.25) is 0 Å². The number of para-hydroxylation sites is 2. The van der Waals surface area contributed by atoms with Gasteiger partial charge in [-0.15, -0.1) is 0 Å². The molecule has 0 unspecified atom stereocenters. The van der Waals surface area contributed by atoms with Crippen molar-refractivity contribution in [2.45, 2.75) is 45.4 Å². The van der Waals surface area contributed by atoms with Crippen molar-refractivity contribution in [2.75, 3.05) is 0 Å². The predicted octanol–water partition coefficient (Wildman–Crippen LogP) is 14.0. The van der Waals surface area contributed by atoms with Crippen LogP contribution in [0.2, 0.25) is 0 Å². The Bertz CT molecular complexity index is 4310. The van der Waals surface area contributed by atoms with Crippen molar-refractivity contribution in [2.24, 2.45) is 0 Å². The highest BCUT2D eigenvalue weighted by Gasteiger charge is 2.36. The number of aromatic hydroxyl groups is 1. The smallest absolute Gasteiger partial charge is 0.199 e. The molecule has 4 heterocycles. The molecule has 5 aliphatic rings. The molecule has 0 amide bonds. The number of aliphatic hydroxyl groups excluding tert-OH is 4. The number of Topliss-reactive ketones (excluding diaryl/α,β-unsaturated/α-hetero) is 3. The molecule has 0 saturated carbocycles. The fourth-order valence-electron chi connectivity index (χ4n) is 10.4. The van der Waals surface area contributed by atoms with Crippen LogP contribution in [0, 0.1) is 0 Å². The number of carbonyl (C=O) groups is 4. The molecule has 5 aliphatic carbocycles. The second kappa shape index (κ2) is 21.6. The molecule has 0 aliphatic heterocycles. The first-order valence-electron chi connectivity index (χ1n) is 26.1. The number of carbonyl (C=O) groups excluding carboxylic acids is 4. The third-order valence-corrected chi connectivity index (χ3v) is 14.5. The van der Waals surface area contributed by atoms with E-state index < -0.39 is 0 Å². The first kappa shape index (κ1) is 51.7. The number of allylic oxidation sites excluding steroid dienone is 8. The van der Waals surface area contributed by atoms with Crippen molar-refractivity contribution in [3.05, 3.63) is 255 Å². The second-order valence-electron chi connectivity index (χ2n) is 19.8. The molecule has 13 heteroatoms.